The number of anilines is 2. The van der Waals surface area contributed by atoms with Crippen molar-refractivity contribution >= 4 is 33.2 Å². The van der Waals surface area contributed by atoms with E-state index in [-0.39, 0.29) is 22.1 Å². The van der Waals surface area contributed by atoms with E-state index in [2.05, 4.69) is 15.4 Å². The fourth-order valence-corrected chi connectivity index (χ4v) is 4.21. The van der Waals surface area contributed by atoms with E-state index in [1.54, 1.807) is 30.3 Å². The van der Waals surface area contributed by atoms with Gasteiger partial charge in [-0.25, -0.2) is 8.42 Å². The van der Waals surface area contributed by atoms with E-state index >= 15 is 0 Å². The second kappa shape index (κ2) is 10.8. The molecule has 2 amide bonds. The summed E-state index contributed by atoms with van der Waals surface area (Å²) in [5, 5.41) is 5.10. The molecule has 2 aromatic carbocycles. The molecule has 3 aromatic rings. The maximum Gasteiger partial charge on any atom is 0.287 e. The first-order valence-electron chi connectivity index (χ1n) is 10.3. The van der Waals surface area contributed by atoms with E-state index in [4.69, 9.17) is 13.9 Å². The van der Waals surface area contributed by atoms with Gasteiger partial charge in [-0.05, 0) is 68.4 Å². The van der Waals surface area contributed by atoms with Gasteiger partial charge in [-0.15, -0.1) is 0 Å². The predicted molar refractivity (Wildman–Crippen MR) is 126 cm³/mol. The molecule has 1 atom stereocenters. The maximum atomic E-state index is 13.0. The Bertz CT molecular complexity index is 1240. The number of carbonyl (C=O) groups excluding carboxylic acids is 2. The van der Waals surface area contributed by atoms with Crippen LogP contribution in [0.3, 0.4) is 0 Å². The minimum Gasteiger partial charge on any atom is -0.495 e. The molecule has 0 saturated heterocycles. The van der Waals surface area contributed by atoms with Gasteiger partial charge in [-0.1, -0.05) is 0 Å². The van der Waals surface area contributed by atoms with E-state index in [0.717, 1.165) is 0 Å². The number of furan rings is 1. The molecule has 34 heavy (non-hydrogen) atoms. The molecule has 11 heteroatoms. The van der Waals surface area contributed by atoms with Gasteiger partial charge in [0.05, 0.1) is 20.0 Å². The van der Waals surface area contributed by atoms with Crippen LogP contribution in [-0.2, 0) is 14.8 Å². The largest absolute Gasteiger partial charge is 0.495 e. The van der Waals surface area contributed by atoms with E-state index in [0.29, 0.717) is 18.0 Å². The first-order valence-corrected chi connectivity index (χ1v) is 11.8. The van der Waals surface area contributed by atoms with Crippen molar-refractivity contribution in [3.8, 4) is 11.5 Å². The first kappa shape index (κ1) is 24.6. The van der Waals surface area contributed by atoms with Crippen LogP contribution in [0.15, 0.2) is 70.2 Å². The summed E-state index contributed by atoms with van der Waals surface area (Å²) >= 11 is 0. The van der Waals surface area contributed by atoms with Gasteiger partial charge in [0.25, 0.3) is 15.9 Å². The zero-order valence-corrected chi connectivity index (χ0v) is 19.6. The number of hydrogen-bond acceptors (Lipinski definition) is 7. The zero-order valence-electron chi connectivity index (χ0n) is 18.8. The number of rotatable bonds is 10. The summed E-state index contributed by atoms with van der Waals surface area (Å²) in [5.41, 5.74) is 0.533. The third-order valence-corrected chi connectivity index (χ3v) is 6.03. The average Bonchev–Trinajstić information content (AvgIpc) is 3.35. The molecule has 1 heterocycles. The number of methoxy groups -OCH3 is 1. The fourth-order valence-electron chi connectivity index (χ4n) is 2.95. The van der Waals surface area contributed by atoms with Crippen LogP contribution in [0.4, 0.5) is 11.4 Å². The van der Waals surface area contributed by atoms with Crippen LogP contribution in [0.1, 0.15) is 24.4 Å². The van der Waals surface area contributed by atoms with Crippen LogP contribution in [0.5, 0.6) is 11.5 Å². The molecule has 180 valence electrons. The Kier molecular flexibility index (Phi) is 7.79. The number of sulfonamides is 1. The molecule has 1 aromatic heterocycles. The predicted octanol–water partition coefficient (Wildman–Crippen LogP) is 3.24. The Morgan fingerprint density at radius 1 is 1.06 bits per heavy atom. The van der Waals surface area contributed by atoms with Crippen LogP contribution in [0.25, 0.3) is 0 Å². The SMILES string of the molecule is CCOc1ccc(NS(=O)(=O)c2cc(NC(=O)C(C)NC(=O)c3ccco3)ccc2OC)cc1. The molecule has 0 aliphatic carbocycles. The lowest BCUT2D eigenvalue weighted by molar-refractivity contribution is -0.117. The van der Waals surface area contributed by atoms with Crippen molar-refractivity contribution in [2.24, 2.45) is 0 Å². The van der Waals surface area contributed by atoms with Gasteiger partial charge < -0.3 is 24.5 Å². The van der Waals surface area contributed by atoms with Gasteiger partial charge in [0.15, 0.2) is 5.76 Å². The molecule has 10 nitrogen and oxygen atoms in total. The van der Waals surface area contributed by atoms with Crippen LogP contribution in [-0.4, -0.2) is 40.0 Å². The molecule has 0 radical (unpaired) electrons. The van der Waals surface area contributed by atoms with Crippen molar-refractivity contribution in [3.63, 3.8) is 0 Å². The Hall–Kier alpha value is -3.99. The molecule has 3 N–H and O–H groups in total. The van der Waals surface area contributed by atoms with Crippen molar-refractivity contribution in [1.29, 1.82) is 0 Å². The number of amides is 2. The molecule has 0 saturated carbocycles. The van der Waals surface area contributed by atoms with E-state index < -0.39 is 27.9 Å². The monoisotopic (exact) mass is 487 g/mol. The molecule has 0 bridgehead atoms. The number of hydrogen-bond donors (Lipinski definition) is 3. The first-order chi connectivity index (χ1) is 16.2. The lowest BCUT2D eigenvalue weighted by Crippen LogP contribution is -2.41. The number of ether oxygens (including phenoxy) is 2. The Morgan fingerprint density at radius 2 is 1.76 bits per heavy atom. The highest BCUT2D eigenvalue weighted by molar-refractivity contribution is 7.92. The van der Waals surface area contributed by atoms with E-state index in [9.17, 15) is 18.0 Å². The number of benzene rings is 2. The third-order valence-electron chi connectivity index (χ3n) is 4.62. The number of carbonyl (C=O) groups is 2. The lowest BCUT2D eigenvalue weighted by atomic mass is 10.2. The maximum absolute atomic E-state index is 13.0. The van der Waals surface area contributed by atoms with Crippen LogP contribution < -0.4 is 24.8 Å². The topological polar surface area (TPSA) is 136 Å². The van der Waals surface area contributed by atoms with Gasteiger partial charge in [0.1, 0.15) is 22.4 Å². The van der Waals surface area contributed by atoms with Crippen molar-refractivity contribution < 1.29 is 31.9 Å². The Labute approximate surface area is 197 Å². The highest BCUT2D eigenvalue weighted by atomic mass is 32.2. The highest BCUT2D eigenvalue weighted by Crippen LogP contribution is 2.29. The molecular weight excluding hydrogens is 462 g/mol. The minimum absolute atomic E-state index is 0.0674. The molecule has 3 rings (SSSR count). The average molecular weight is 488 g/mol. The summed E-state index contributed by atoms with van der Waals surface area (Å²) in [5.74, 6) is -0.326. The summed E-state index contributed by atoms with van der Waals surface area (Å²) in [7, 11) is -2.71. The van der Waals surface area contributed by atoms with Crippen molar-refractivity contribution in [2.45, 2.75) is 24.8 Å². The van der Waals surface area contributed by atoms with Gasteiger partial charge >= 0.3 is 0 Å². The number of nitrogens with one attached hydrogen (secondary N) is 3. The fraction of sp³-hybridized carbons (Fsp3) is 0.217. The normalized spacial score (nSPS) is 11.9. The van der Waals surface area contributed by atoms with E-state index in [1.807, 2.05) is 6.92 Å². The standard InChI is InChI=1S/C23H25N3O7S/c1-4-32-18-10-7-16(8-11-18)26-34(29,30)21-14-17(9-12-19(21)31-3)25-22(27)15(2)24-23(28)20-6-5-13-33-20/h5-15,26H,4H2,1-3H3,(H,24,28)(H,25,27). The molecule has 0 aliphatic heterocycles. The molecule has 0 fully saturated rings. The Balaban J connectivity index is 1.75. The smallest absolute Gasteiger partial charge is 0.287 e. The lowest BCUT2D eigenvalue weighted by Gasteiger charge is -2.16. The van der Waals surface area contributed by atoms with Crippen LogP contribution >= 0.6 is 0 Å². The molecular formula is C23H25N3O7S. The zero-order chi connectivity index (χ0) is 24.7. The summed E-state index contributed by atoms with van der Waals surface area (Å²) in [4.78, 5) is 24.4. The summed E-state index contributed by atoms with van der Waals surface area (Å²) in [6, 6.07) is 12.7. The van der Waals surface area contributed by atoms with Crippen LogP contribution in [0, 0.1) is 0 Å². The van der Waals surface area contributed by atoms with Gasteiger partial charge in [-0.2, -0.15) is 0 Å². The molecule has 0 aliphatic rings. The molecule has 1 unspecified atom stereocenters. The minimum atomic E-state index is -4.06. The van der Waals surface area contributed by atoms with Gasteiger partial charge in [0.2, 0.25) is 5.91 Å². The second-order valence-electron chi connectivity index (χ2n) is 7.09. The Morgan fingerprint density at radius 3 is 2.38 bits per heavy atom. The summed E-state index contributed by atoms with van der Waals surface area (Å²) in [6.07, 6.45) is 1.35. The quantitative estimate of drug-likeness (QED) is 0.399. The van der Waals surface area contributed by atoms with Gasteiger partial charge in [0, 0.05) is 11.4 Å². The van der Waals surface area contributed by atoms with Crippen molar-refractivity contribution in [3.05, 3.63) is 66.6 Å². The third kappa shape index (κ3) is 6.07. The van der Waals surface area contributed by atoms with Crippen molar-refractivity contribution in [1.82, 2.24) is 5.32 Å². The van der Waals surface area contributed by atoms with Crippen LogP contribution in [0.2, 0.25) is 0 Å². The van der Waals surface area contributed by atoms with Gasteiger partial charge in [-0.3, -0.25) is 14.3 Å². The summed E-state index contributed by atoms with van der Waals surface area (Å²) < 4.78 is 44.1. The van der Waals surface area contributed by atoms with Crippen molar-refractivity contribution in [2.75, 3.05) is 23.8 Å². The highest BCUT2D eigenvalue weighted by Gasteiger charge is 2.23. The van der Waals surface area contributed by atoms with E-state index in [1.165, 1.54) is 44.6 Å². The summed E-state index contributed by atoms with van der Waals surface area (Å²) in [6.45, 7) is 3.83. The second-order valence-corrected chi connectivity index (χ2v) is 8.74. The molecule has 0 spiro atoms.